The molecule has 186 valence electrons. The number of fused-ring (bicyclic) bond motifs is 4. The Morgan fingerprint density at radius 2 is 1.40 bits per heavy atom. The number of carboxylic acid groups (broad SMARTS) is 1. The number of rotatable bonds is 9. The smallest absolute Gasteiger partial charge is 0.310 e. The molecule has 0 fully saturated rings. The van der Waals surface area contributed by atoms with Gasteiger partial charge in [0.1, 0.15) is 5.60 Å². The van der Waals surface area contributed by atoms with Crippen molar-refractivity contribution in [3.8, 4) is 0 Å². The van der Waals surface area contributed by atoms with Gasteiger partial charge in [-0.15, -0.1) is 0 Å². The lowest BCUT2D eigenvalue weighted by atomic mass is 9.80. The van der Waals surface area contributed by atoms with E-state index in [4.69, 9.17) is 4.74 Å². The number of aromatic nitrogens is 1. The summed E-state index contributed by atoms with van der Waals surface area (Å²) in [6.07, 6.45) is 0.438. The van der Waals surface area contributed by atoms with Crippen LogP contribution in [-0.2, 0) is 27.3 Å². The van der Waals surface area contributed by atoms with Crippen LogP contribution >= 0.6 is 0 Å². The predicted octanol–water partition coefficient (Wildman–Crippen LogP) is 4.10. The molecule has 7 heteroatoms. The highest BCUT2D eigenvalue weighted by Gasteiger charge is 2.37. The Kier molecular flexibility index (Phi) is 7.78. The number of aliphatic carboxylic acids is 1. The van der Waals surface area contributed by atoms with E-state index in [-0.39, 0.29) is 18.9 Å². The van der Waals surface area contributed by atoms with Crippen LogP contribution < -0.4 is 11.1 Å². The molecule has 0 amide bonds. The van der Waals surface area contributed by atoms with Crippen LogP contribution in [0.25, 0.3) is 10.8 Å². The molecule has 0 saturated heterocycles. The molecular weight excluding hydrogens is 446 g/mol. The van der Waals surface area contributed by atoms with Crippen LogP contribution in [0.3, 0.4) is 0 Å². The second-order valence-corrected chi connectivity index (χ2v) is 10.5. The highest BCUT2D eigenvalue weighted by molar-refractivity contribution is 5.81. The van der Waals surface area contributed by atoms with Crippen LogP contribution in [0.5, 0.6) is 0 Å². The molecule has 0 aliphatic heterocycles. The Labute approximate surface area is 204 Å². The summed E-state index contributed by atoms with van der Waals surface area (Å²) in [6.45, 7) is 9.09. The predicted molar refractivity (Wildman–Crippen MR) is 135 cm³/mol. The second-order valence-electron chi connectivity index (χ2n) is 10.5. The molecule has 0 spiro atoms. The summed E-state index contributed by atoms with van der Waals surface area (Å²) >= 11 is 0. The topological polar surface area (TPSA) is 103 Å². The molecule has 1 unspecified atom stereocenters. The van der Waals surface area contributed by atoms with Gasteiger partial charge in [-0.05, 0) is 74.9 Å². The Hall–Kier alpha value is -3.48. The Bertz CT molecular complexity index is 1250. The normalized spacial score (nSPS) is 13.7. The maximum Gasteiger partial charge on any atom is 0.310 e. The minimum absolute atomic E-state index is 0.0210. The van der Waals surface area contributed by atoms with Gasteiger partial charge < -0.3 is 9.84 Å². The van der Waals surface area contributed by atoms with Gasteiger partial charge in [0.05, 0.1) is 18.4 Å². The van der Waals surface area contributed by atoms with Gasteiger partial charge in [-0.25, -0.2) is 0 Å². The first-order valence-corrected chi connectivity index (χ1v) is 11.9. The van der Waals surface area contributed by atoms with E-state index in [1.54, 1.807) is 69.3 Å². The molecule has 0 radical (unpaired) electrons. The van der Waals surface area contributed by atoms with Crippen LogP contribution in [0, 0.1) is 17.8 Å². The quantitative estimate of drug-likeness (QED) is 0.464. The van der Waals surface area contributed by atoms with Crippen molar-refractivity contribution in [3.05, 3.63) is 80.4 Å². The van der Waals surface area contributed by atoms with Gasteiger partial charge >= 0.3 is 11.9 Å². The van der Waals surface area contributed by atoms with Gasteiger partial charge in [-0.1, -0.05) is 38.1 Å². The number of carbonyl (C=O) groups is 2. The molecule has 1 N–H and O–H groups in total. The lowest BCUT2D eigenvalue weighted by Gasteiger charge is -2.28. The van der Waals surface area contributed by atoms with Gasteiger partial charge in [0.2, 0.25) is 0 Å². The summed E-state index contributed by atoms with van der Waals surface area (Å²) in [5, 5.41) is 10.8. The Balaban J connectivity index is 2.04. The van der Waals surface area contributed by atoms with Crippen LogP contribution in [0.4, 0.5) is 0 Å². The van der Waals surface area contributed by atoms with Gasteiger partial charge in [0.25, 0.3) is 11.1 Å². The maximum atomic E-state index is 13.2. The molecule has 0 saturated carbocycles. The van der Waals surface area contributed by atoms with Crippen molar-refractivity contribution in [2.24, 2.45) is 17.8 Å². The van der Waals surface area contributed by atoms with Crippen molar-refractivity contribution < 1.29 is 19.4 Å². The fraction of sp³-hybridized carbons (Fsp3) is 0.429. The molecule has 2 aromatic carbocycles. The van der Waals surface area contributed by atoms with Crippen molar-refractivity contribution in [2.45, 2.75) is 59.6 Å². The molecule has 35 heavy (non-hydrogen) atoms. The number of hydrogen-bond acceptors (Lipinski definition) is 5. The van der Waals surface area contributed by atoms with Gasteiger partial charge in [-0.2, -0.15) is 0 Å². The standard InChI is InChI=1S/C28H33NO6/c1-17(2)14-22(26(32)33)23(27(34)35-28(3,4)5)15-20-8-6-7-9-21(20)16-29-24(30)18-10-11-19(13-12-18)25(29)31/h6-13,17,22-23H,14-16H2,1-5H3,(H,32,33)/t22-,23?/m1/s1. The molecule has 2 aromatic heterocycles. The van der Waals surface area contributed by atoms with E-state index in [9.17, 15) is 24.3 Å². The third-order valence-corrected chi connectivity index (χ3v) is 5.99. The zero-order valence-electron chi connectivity index (χ0n) is 20.9. The first-order valence-electron chi connectivity index (χ1n) is 11.9. The average Bonchev–Trinajstić information content (AvgIpc) is 2.94. The number of nitrogens with zero attached hydrogens (tertiary/aromatic N) is 1. The van der Waals surface area contributed by atoms with Crippen LogP contribution in [0.2, 0.25) is 0 Å². The largest absolute Gasteiger partial charge is 0.481 e. The van der Waals surface area contributed by atoms with Gasteiger partial charge in [-0.3, -0.25) is 23.7 Å². The number of carbonyl (C=O) groups excluding carboxylic acids is 1. The number of esters is 1. The monoisotopic (exact) mass is 479 g/mol. The minimum Gasteiger partial charge on any atom is -0.481 e. The van der Waals surface area contributed by atoms with E-state index in [0.29, 0.717) is 28.3 Å². The zero-order valence-corrected chi connectivity index (χ0v) is 20.9. The van der Waals surface area contributed by atoms with Crippen molar-refractivity contribution in [3.63, 3.8) is 0 Å². The molecule has 0 aliphatic rings. The average molecular weight is 480 g/mol. The zero-order chi connectivity index (χ0) is 25.9. The van der Waals surface area contributed by atoms with Crippen molar-refractivity contribution in [1.82, 2.24) is 4.57 Å². The minimum atomic E-state index is -1.05. The molecular formula is C28H33NO6. The van der Waals surface area contributed by atoms with E-state index >= 15 is 0 Å². The number of ether oxygens (including phenoxy) is 1. The lowest BCUT2D eigenvalue weighted by Crippen LogP contribution is -2.37. The molecule has 0 aliphatic carbocycles. The van der Waals surface area contributed by atoms with E-state index in [1.807, 2.05) is 13.8 Å². The Morgan fingerprint density at radius 3 is 1.86 bits per heavy atom. The maximum absolute atomic E-state index is 13.2. The van der Waals surface area contributed by atoms with E-state index < -0.39 is 40.5 Å². The fourth-order valence-corrected chi connectivity index (χ4v) is 4.33. The van der Waals surface area contributed by atoms with Crippen molar-refractivity contribution in [1.29, 1.82) is 0 Å². The summed E-state index contributed by atoms with van der Waals surface area (Å²) < 4.78 is 6.81. The van der Waals surface area contributed by atoms with Crippen LogP contribution in [0.15, 0.2) is 58.1 Å². The van der Waals surface area contributed by atoms with Crippen molar-refractivity contribution in [2.75, 3.05) is 0 Å². The fourth-order valence-electron chi connectivity index (χ4n) is 4.33. The van der Waals surface area contributed by atoms with Gasteiger partial charge in [0.15, 0.2) is 0 Å². The summed E-state index contributed by atoms with van der Waals surface area (Å²) in [7, 11) is 0. The van der Waals surface area contributed by atoms with Crippen LogP contribution in [-0.4, -0.2) is 27.2 Å². The van der Waals surface area contributed by atoms with E-state index in [1.165, 1.54) is 4.57 Å². The summed E-state index contributed by atoms with van der Waals surface area (Å²) in [5.41, 5.74) is -0.173. The molecule has 2 bridgehead atoms. The highest BCUT2D eigenvalue weighted by atomic mass is 16.6. The summed E-state index contributed by atoms with van der Waals surface area (Å²) in [4.78, 5) is 51.3. The summed E-state index contributed by atoms with van der Waals surface area (Å²) in [5.74, 6) is -3.41. The number of carboxylic acids is 1. The lowest BCUT2D eigenvalue weighted by molar-refractivity contribution is -0.167. The first-order chi connectivity index (χ1) is 16.4. The third-order valence-electron chi connectivity index (χ3n) is 5.99. The van der Waals surface area contributed by atoms with Gasteiger partial charge in [0, 0.05) is 10.8 Å². The third kappa shape index (κ3) is 6.35. The number of hydrogen-bond donors (Lipinski definition) is 1. The Morgan fingerprint density at radius 1 is 0.886 bits per heavy atom. The molecule has 7 nitrogen and oxygen atoms in total. The second kappa shape index (κ2) is 10.4. The SMILES string of the molecule is CC(C)C[C@@H](C(=O)O)C(Cc1ccccc1Cn1c(=O)c2ccc(cc2)c1=O)C(=O)OC(C)(C)C. The number of benzene rings is 2. The molecule has 2 atom stereocenters. The van der Waals surface area contributed by atoms with Crippen LogP contribution in [0.1, 0.15) is 52.2 Å². The van der Waals surface area contributed by atoms with E-state index in [0.717, 1.165) is 0 Å². The van der Waals surface area contributed by atoms with E-state index in [2.05, 4.69) is 0 Å². The van der Waals surface area contributed by atoms with Crippen molar-refractivity contribution >= 4 is 22.7 Å². The highest BCUT2D eigenvalue weighted by Crippen LogP contribution is 2.29. The molecule has 4 rings (SSSR count). The first kappa shape index (κ1) is 26.1. The molecule has 4 aromatic rings. The molecule has 2 heterocycles. The summed E-state index contributed by atoms with van der Waals surface area (Å²) in [6, 6.07) is 13.7.